The molecule has 1 aromatic heterocycles. The summed E-state index contributed by atoms with van der Waals surface area (Å²) in [6, 6.07) is 25.8. The van der Waals surface area contributed by atoms with Crippen molar-refractivity contribution in [1.82, 2.24) is 0 Å². The summed E-state index contributed by atoms with van der Waals surface area (Å²) in [6.07, 6.45) is 6.48. The first-order chi connectivity index (χ1) is 21.0. The molecule has 1 fully saturated rings. The predicted octanol–water partition coefficient (Wildman–Crippen LogP) is 7.73. The smallest absolute Gasteiger partial charge is 0.238 e. The quantitative estimate of drug-likeness (QED) is 0.170. The molecule has 0 saturated carbocycles. The van der Waals surface area contributed by atoms with Gasteiger partial charge in [0.25, 0.3) is 0 Å². The first-order valence-corrected chi connectivity index (χ1v) is 16.0. The first kappa shape index (κ1) is 27.5. The second-order valence-corrected chi connectivity index (χ2v) is 12.8. The summed E-state index contributed by atoms with van der Waals surface area (Å²) in [5, 5.41) is 5.00. The molecule has 1 saturated heterocycles. The van der Waals surface area contributed by atoms with Gasteiger partial charge in [0.1, 0.15) is 11.5 Å². The summed E-state index contributed by atoms with van der Waals surface area (Å²) in [5.41, 5.74) is 4.81. The van der Waals surface area contributed by atoms with Gasteiger partial charge in [-0.2, -0.15) is 0 Å². The Morgan fingerprint density at radius 2 is 1.67 bits per heavy atom. The van der Waals surface area contributed by atoms with E-state index in [4.69, 9.17) is 0 Å². The van der Waals surface area contributed by atoms with Crippen molar-refractivity contribution >= 4 is 45.8 Å². The Morgan fingerprint density at radius 1 is 0.907 bits per heavy atom. The monoisotopic (exact) mass is 586 g/mol. The van der Waals surface area contributed by atoms with E-state index in [1.807, 2.05) is 97.2 Å². The molecule has 1 N–H and O–H groups in total. The van der Waals surface area contributed by atoms with E-state index < -0.39 is 23.4 Å². The second-order valence-electron chi connectivity index (χ2n) is 11.9. The fourth-order valence-electron chi connectivity index (χ4n) is 7.55. The molecule has 1 spiro atoms. The van der Waals surface area contributed by atoms with Crippen LogP contribution in [0.4, 0.5) is 11.4 Å². The Labute approximate surface area is 256 Å². The molecular formula is C37H34N2O3S. The van der Waals surface area contributed by atoms with Crippen molar-refractivity contribution in [2.45, 2.75) is 57.0 Å². The number of nitrogens with one attached hydrogen (secondary N) is 1. The second kappa shape index (κ2) is 10.8. The molecule has 4 aromatic rings. The molecule has 4 atom stereocenters. The third-order valence-corrected chi connectivity index (χ3v) is 10.4. The Bertz CT molecular complexity index is 1760. The standard InChI is InChI=1S/C37H34N2O3S/c1-3-4-5-11-24-17-19-25(20-18-24)34(40)32-33(35(41)30-16-10-21-43-30)39-29-15-9-6-12-26(29)23(2)22-31(39)37(32)27-13-7-8-14-28(27)38-36(37)42/h6-10,12-22,31-33H,3-5,11H2,1-2H3,(H,38,42)/t31-,32-,33+,37+/m1/s1. The SMILES string of the molecule is CCCCCc1ccc(C(=O)[C@H]2[C@@H](C(=O)c3cccs3)N3c4ccccc4C(C)=C[C@@H]3[C@]23C(=O)Nc2ccccc23)cc1. The van der Waals surface area contributed by atoms with Gasteiger partial charge in [-0.15, -0.1) is 11.3 Å². The van der Waals surface area contributed by atoms with Crippen LogP contribution in [0, 0.1) is 5.92 Å². The molecular weight excluding hydrogens is 552 g/mol. The molecule has 0 bridgehead atoms. The summed E-state index contributed by atoms with van der Waals surface area (Å²) in [7, 11) is 0. The van der Waals surface area contributed by atoms with Crippen LogP contribution in [0.15, 0.2) is 96.4 Å². The van der Waals surface area contributed by atoms with Crippen LogP contribution in [-0.4, -0.2) is 29.6 Å². The van der Waals surface area contributed by atoms with E-state index in [-0.39, 0.29) is 17.5 Å². The van der Waals surface area contributed by atoms with E-state index in [0.29, 0.717) is 16.1 Å². The molecule has 3 aliphatic heterocycles. The van der Waals surface area contributed by atoms with Crippen LogP contribution in [0.2, 0.25) is 0 Å². The lowest BCUT2D eigenvalue weighted by Gasteiger charge is -2.39. The van der Waals surface area contributed by atoms with Gasteiger partial charge in [0, 0.05) is 22.5 Å². The highest BCUT2D eigenvalue weighted by molar-refractivity contribution is 7.12. The zero-order chi connectivity index (χ0) is 29.7. The molecule has 43 heavy (non-hydrogen) atoms. The zero-order valence-corrected chi connectivity index (χ0v) is 25.2. The number of thiophene rings is 1. The molecule has 216 valence electrons. The van der Waals surface area contributed by atoms with Crippen LogP contribution in [-0.2, 0) is 16.6 Å². The number of fused-ring (bicyclic) bond motifs is 6. The molecule has 1 amide bonds. The Morgan fingerprint density at radius 3 is 2.44 bits per heavy atom. The van der Waals surface area contributed by atoms with E-state index in [0.717, 1.165) is 48.1 Å². The number of benzene rings is 3. The summed E-state index contributed by atoms with van der Waals surface area (Å²) < 4.78 is 0. The molecule has 6 heteroatoms. The molecule has 0 aliphatic carbocycles. The maximum Gasteiger partial charge on any atom is 0.238 e. The summed E-state index contributed by atoms with van der Waals surface area (Å²) >= 11 is 1.37. The number of unbranched alkanes of at least 4 members (excludes halogenated alkanes) is 2. The van der Waals surface area contributed by atoms with Crippen LogP contribution in [0.25, 0.3) is 5.57 Å². The van der Waals surface area contributed by atoms with Gasteiger partial charge in [-0.05, 0) is 60.0 Å². The fraction of sp³-hybridized carbons (Fsp3) is 0.270. The van der Waals surface area contributed by atoms with E-state index >= 15 is 0 Å². The number of amides is 1. The maximum absolute atomic E-state index is 15.0. The van der Waals surface area contributed by atoms with Gasteiger partial charge < -0.3 is 10.2 Å². The van der Waals surface area contributed by atoms with Crippen molar-refractivity contribution in [1.29, 1.82) is 0 Å². The van der Waals surface area contributed by atoms with E-state index in [2.05, 4.69) is 23.2 Å². The molecule has 0 radical (unpaired) electrons. The Hall–Kier alpha value is -4.29. The van der Waals surface area contributed by atoms with Gasteiger partial charge in [-0.25, -0.2) is 0 Å². The number of rotatable bonds is 8. The van der Waals surface area contributed by atoms with Gasteiger partial charge in [-0.1, -0.05) is 92.6 Å². The maximum atomic E-state index is 15.0. The van der Waals surface area contributed by atoms with Gasteiger partial charge >= 0.3 is 0 Å². The number of carbonyl (C=O) groups is 3. The third-order valence-electron chi connectivity index (χ3n) is 9.51. The molecule has 0 unspecified atom stereocenters. The Balaban J connectivity index is 1.45. The molecule has 7 rings (SSSR count). The normalized spacial score (nSPS) is 23.4. The average molecular weight is 587 g/mol. The van der Waals surface area contributed by atoms with Crippen molar-refractivity contribution in [3.8, 4) is 0 Å². The number of anilines is 2. The minimum atomic E-state index is -1.29. The summed E-state index contributed by atoms with van der Waals surface area (Å²) in [5.74, 6) is -1.49. The number of aryl methyl sites for hydroxylation is 1. The van der Waals surface area contributed by atoms with E-state index in [9.17, 15) is 14.4 Å². The highest BCUT2D eigenvalue weighted by atomic mass is 32.1. The van der Waals surface area contributed by atoms with Crippen LogP contribution >= 0.6 is 11.3 Å². The summed E-state index contributed by atoms with van der Waals surface area (Å²) in [6.45, 7) is 4.23. The van der Waals surface area contributed by atoms with Gasteiger partial charge in [0.15, 0.2) is 11.6 Å². The number of Topliss-reactive ketones (excluding diaryl/α,β-unsaturated/α-hetero) is 2. The lowest BCUT2D eigenvalue weighted by molar-refractivity contribution is -0.121. The van der Waals surface area contributed by atoms with Crippen molar-refractivity contribution in [2.24, 2.45) is 5.92 Å². The highest BCUT2D eigenvalue weighted by Crippen LogP contribution is 2.58. The van der Waals surface area contributed by atoms with Crippen molar-refractivity contribution < 1.29 is 14.4 Å². The lowest BCUT2D eigenvalue weighted by Crippen LogP contribution is -2.51. The van der Waals surface area contributed by atoms with E-state index in [1.165, 1.54) is 16.9 Å². The van der Waals surface area contributed by atoms with Crippen LogP contribution < -0.4 is 10.2 Å². The largest absolute Gasteiger partial charge is 0.352 e. The number of nitrogens with zero attached hydrogens (tertiary/aromatic N) is 1. The number of carbonyl (C=O) groups excluding carboxylic acids is 3. The first-order valence-electron chi connectivity index (χ1n) is 15.1. The molecule has 3 aromatic carbocycles. The number of allylic oxidation sites excluding steroid dienone is 1. The number of ketones is 2. The van der Waals surface area contributed by atoms with Crippen molar-refractivity contribution in [2.75, 3.05) is 10.2 Å². The van der Waals surface area contributed by atoms with Gasteiger partial charge in [-0.3, -0.25) is 14.4 Å². The Kier molecular flexibility index (Phi) is 6.89. The van der Waals surface area contributed by atoms with Crippen molar-refractivity contribution in [3.63, 3.8) is 0 Å². The number of hydrogen-bond donors (Lipinski definition) is 1. The van der Waals surface area contributed by atoms with Crippen LogP contribution in [0.5, 0.6) is 0 Å². The average Bonchev–Trinajstić information content (AvgIpc) is 3.74. The van der Waals surface area contributed by atoms with Crippen LogP contribution in [0.1, 0.15) is 69.8 Å². The molecule has 5 nitrogen and oxygen atoms in total. The van der Waals surface area contributed by atoms with E-state index in [1.54, 1.807) is 0 Å². The van der Waals surface area contributed by atoms with Gasteiger partial charge in [0.05, 0.1) is 16.8 Å². The predicted molar refractivity (Wildman–Crippen MR) is 173 cm³/mol. The van der Waals surface area contributed by atoms with Gasteiger partial charge in [0.2, 0.25) is 5.91 Å². The number of hydrogen-bond acceptors (Lipinski definition) is 5. The minimum absolute atomic E-state index is 0.133. The minimum Gasteiger partial charge on any atom is -0.352 e. The third kappa shape index (κ3) is 4.14. The van der Waals surface area contributed by atoms with Crippen molar-refractivity contribution in [3.05, 3.63) is 124 Å². The lowest BCUT2D eigenvalue weighted by atomic mass is 9.64. The van der Waals surface area contributed by atoms with Crippen LogP contribution in [0.3, 0.4) is 0 Å². The fourth-order valence-corrected chi connectivity index (χ4v) is 8.24. The molecule has 4 heterocycles. The zero-order valence-electron chi connectivity index (χ0n) is 24.4. The topological polar surface area (TPSA) is 66.5 Å². The number of para-hydroxylation sites is 2. The summed E-state index contributed by atoms with van der Waals surface area (Å²) in [4.78, 5) is 46.8. The molecule has 3 aliphatic rings. The highest BCUT2D eigenvalue weighted by Gasteiger charge is 2.70.